The van der Waals surface area contributed by atoms with E-state index in [1.165, 1.54) is 0 Å². The molecule has 0 radical (unpaired) electrons. The summed E-state index contributed by atoms with van der Waals surface area (Å²) >= 11 is 4.42. The van der Waals surface area contributed by atoms with Gasteiger partial charge in [0.2, 0.25) is 15.9 Å². The van der Waals surface area contributed by atoms with Crippen molar-refractivity contribution in [2.45, 2.75) is 19.9 Å². The summed E-state index contributed by atoms with van der Waals surface area (Å²) in [6.45, 7) is 3.51. The molecule has 0 aliphatic heterocycles. The van der Waals surface area contributed by atoms with Crippen LogP contribution in [0.4, 0.5) is 11.4 Å². The number of halogens is 1. The van der Waals surface area contributed by atoms with Crippen molar-refractivity contribution in [3.05, 3.63) is 56.6 Å². The van der Waals surface area contributed by atoms with Gasteiger partial charge in [-0.3, -0.25) is 18.5 Å². The average Bonchev–Trinajstić information content (AvgIpc) is 2.95. The third-order valence-electron chi connectivity index (χ3n) is 4.22. The van der Waals surface area contributed by atoms with Crippen LogP contribution in [0.2, 0.25) is 0 Å². The number of anilines is 2. The maximum atomic E-state index is 12.5. The molecule has 154 valence electrons. The zero-order chi connectivity index (χ0) is 21.3. The normalized spacial score (nSPS) is 11.8. The molecule has 1 heterocycles. The Morgan fingerprint density at radius 1 is 1.21 bits per heavy atom. The number of carbonyl (C=O) groups excluding carboxylic acids is 1. The Morgan fingerprint density at radius 2 is 1.86 bits per heavy atom. The Kier molecular flexibility index (Phi) is 6.16. The van der Waals surface area contributed by atoms with Crippen LogP contribution in [-0.4, -0.2) is 31.7 Å². The molecule has 0 bridgehead atoms. The molecule has 1 aromatic heterocycles. The van der Waals surface area contributed by atoms with Crippen molar-refractivity contribution in [2.75, 3.05) is 22.4 Å². The van der Waals surface area contributed by atoms with E-state index in [9.17, 15) is 18.0 Å². The van der Waals surface area contributed by atoms with Gasteiger partial charge >= 0.3 is 4.87 Å². The molecule has 0 atom stereocenters. The first-order chi connectivity index (χ1) is 13.6. The van der Waals surface area contributed by atoms with Gasteiger partial charge in [-0.2, -0.15) is 0 Å². The van der Waals surface area contributed by atoms with E-state index >= 15 is 0 Å². The first kappa shape index (κ1) is 21.5. The number of benzene rings is 2. The lowest BCUT2D eigenvalue weighted by molar-refractivity contribution is -0.114. The third-order valence-corrected chi connectivity index (χ3v) is 6.80. The Morgan fingerprint density at radius 3 is 2.45 bits per heavy atom. The summed E-state index contributed by atoms with van der Waals surface area (Å²) in [5.41, 5.74) is 1.71. The Hall–Kier alpha value is -2.17. The van der Waals surface area contributed by atoms with Crippen molar-refractivity contribution < 1.29 is 13.2 Å². The zero-order valence-electron chi connectivity index (χ0n) is 16.0. The first-order valence-electron chi connectivity index (χ1n) is 8.74. The summed E-state index contributed by atoms with van der Waals surface area (Å²) in [5.74, 6) is -0.478. The van der Waals surface area contributed by atoms with Gasteiger partial charge in [-0.1, -0.05) is 27.3 Å². The molecular weight excluding hydrogens is 478 g/mol. The summed E-state index contributed by atoms with van der Waals surface area (Å²) < 4.78 is 28.7. The number of rotatable bonds is 6. The van der Waals surface area contributed by atoms with Crippen molar-refractivity contribution in [1.82, 2.24) is 4.57 Å². The van der Waals surface area contributed by atoms with Crippen molar-refractivity contribution >= 4 is 64.8 Å². The molecular formula is C19H20BrN3O4S2. The highest BCUT2D eigenvalue weighted by Gasteiger charge is 2.21. The number of hydrogen-bond donors (Lipinski definition) is 1. The van der Waals surface area contributed by atoms with Crippen LogP contribution < -0.4 is 14.5 Å². The van der Waals surface area contributed by atoms with E-state index in [1.54, 1.807) is 47.0 Å². The first-order valence-corrected chi connectivity index (χ1v) is 12.2. The molecule has 3 rings (SSSR count). The van der Waals surface area contributed by atoms with E-state index in [1.807, 2.05) is 13.8 Å². The summed E-state index contributed by atoms with van der Waals surface area (Å²) in [4.78, 5) is 24.6. The molecule has 3 aromatic rings. The molecule has 0 fully saturated rings. The van der Waals surface area contributed by atoms with Gasteiger partial charge in [0.1, 0.15) is 6.54 Å². The van der Waals surface area contributed by atoms with Gasteiger partial charge in [-0.05, 0) is 56.3 Å². The predicted octanol–water partition coefficient (Wildman–Crippen LogP) is 3.81. The lowest BCUT2D eigenvalue weighted by atomic mass is 10.2. The van der Waals surface area contributed by atoms with E-state index in [-0.39, 0.29) is 17.5 Å². The topological polar surface area (TPSA) is 88.5 Å². The van der Waals surface area contributed by atoms with Crippen molar-refractivity contribution in [2.24, 2.45) is 0 Å². The Balaban J connectivity index is 1.83. The highest BCUT2D eigenvalue weighted by atomic mass is 79.9. The molecule has 10 heteroatoms. The second kappa shape index (κ2) is 8.29. The number of carbonyl (C=O) groups is 1. The maximum absolute atomic E-state index is 12.5. The van der Waals surface area contributed by atoms with Crippen LogP contribution in [0.25, 0.3) is 10.2 Å². The van der Waals surface area contributed by atoms with Crippen LogP contribution in [0.15, 0.2) is 51.7 Å². The number of hydrogen-bond acceptors (Lipinski definition) is 5. The number of fused-ring (bicyclic) bond motifs is 1. The highest BCUT2D eigenvalue weighted by Crippen LogP contribution is 2.25. The zero-order valence-corrected chi connectivity index (χ0v) is 19.3. The van der Waals surface area contributed by atoms with Gasteiger partial charge in [0, 0.05) is 16.2 Å². The standard InChI is InChI=1S/C19H20BrN3O4S2/c1-12(2)23-16-9-6-14(10-17(16)28-19(23)25)21-18(24)11-22(29(3,26)27)15-7-4-13(20)5-8-15/h4-10,12H,11H2,1-3H3,(H,21,24). The number of nitrogens with zero attached hydrogens (tertiary/aromatic N) is 2. The molecule has 7 nitrogen and oxygen atoms in total. The maximum Gasteiger partial charge on any atom is 0.308 e. The summed E-state index contributed by atoms with van der Waals surface area (Å²) in [6, 6.07) is 11.9. The van der Waals surface area contributed by atoms with Gasteiger partial charge in [0.15, 0.2) is 0 Å². The fourth-order valence-corrected chi connectivity index (χ4v) is 5.11. The van der Waals surface area contributed by atoms with Crippen LogP contribution in [0.5, 0.6) is 0 Å². The minimum absolute atomic E-state index is 0.0333. The fourth-order valence-electron chi connectivity index (χ4n) is 2.94. The predicted molar refractivity (Wildman–Crippen MR) is 121 cm³/mol. The monoisotopic (exact) mass is 497 g/mol. The summed E-state index contributed by atoms with van der Waals surface area (Å²) in [7, 11) is -3.65. The van der Waals surface area contributed by atoms with E-state index in [4.69, 9.17) is 0 Å². The van der Waals surface area contributed by atoms with Gasteiger partial charge in [-0.25, -0.2) is 8.42 Å². The van der Waals surface area contributed by atoms with Crippen LogP contribution in [0, 0.1) is 0 Å². The SMILES string of the molecule is CC(C)n1c(=O)sc2cc(NC(=O)CN(c3ccc(Br)cc3)S(C)(=O)=O)ccc21. The van der Waals surface area contributed by atoms with Crippen molar-refractivity contribution in [3.8, 4) is 0 Å². The molecule has 0 unspecified atom stereocenters. The van der Waals surface area contributed by atoms with Crippen LogP contribution in [0.1, 0.15) is 19.9 Å². The third kappa shape index (κ3) is 4.88. The van der Waals surface area contributed by atoms with Crippen LogP contribution >= 0.6 is 27.3 Å². The summed E-state index contributed by atoms with van der Waals surface area (Å²) in [6.07, 6.45) is 1.06. The minimum atomic E-state index is -3.65. The largest absolute Gasteiger partial charge is 0.324 e. The quantitative estimate of drug-likeness (QED) is 0.560. The van der Waals surface area contributed by atoms with E-state index < -0.39 is 15.9 Å². The molecule has 2 aromatic carbocycles. The molecule has 0 saturated heterocycles. The van der Waals surface area contributed by atoms with E-state index in [2.05, 4.69) is 21.2 Å². The molecule has 1 N–H and O–H groups in total. The fraction of sp³-hybridized carbons (Fsp3) is 0.263. The Labute approximate surface area is 181 Å². The van der Waals surface area contributed by atoms with Crippen molar-refractivity contribution in [3.63, 3.8) is 0 Å². The molecule has 0 saturated carbocycles. The van der Waals surface area contributed by atoms with Gasteiger partial charge in [0.05, 0.1) is 22.2 Å². The second-order valence-electron chi connectivity index (χ2n) is 6.81. The second-order valence-corrected chi connectivity index (χ2v) is 10.6. The van der Waals surface area contributed by atoms with Crippen LogP contribution in [-0.2, 0) is 14.8 Å². The highest BCUT2D eigenvalue weighted by molar-refractivity contribution is 9.10. The number of thiazole rings is 1. The van der Waals surface area contributed by atoms with Gasteiger partial charge in [0.25, 0.3) is 0 Å². The number of nitrogens with one attached hydrogen (secondary N) is 1. The number of aromatic nitrogens is 1. The lowest BCUT2D eigenvalue weighted by Crippen LogP contribution is -2.37. The molecule has 0 spiro atoms. The summed E-state index contributed by atoms with van der Waals surface area (Å²) in [5, 5.41) is 2.72. The number of sulfonamides is 1. The number of amides is 1. The van der Waals surface area contributed by atoms with E-state index in [0.717, 1.165) is 36.6 Å². The molecule has 1 amide bonds. The van der Waals surface area contributed by atoms with Crippen molar-refractivity contribution in [1.29, 1.82) is 0 Å². The molecule has 0 aliphatic carbocycles. The minimum Gasteiger partial charge on any atom is -0.324 e. The molecule has 0 aliphatic rings. The Bertz CT molecular complexity index is 1210. The van der Waals surface area contributed by atoms with Gasteiger partial charge < -0.3 is 5.32 Å². The van der Waals surface area contributed by atoms with E-state index in [0.29, 0.717) is 11.4 Å². The molecule has 29 heavy (non-hydrogen) atoms. The smallest absolute Gasteiger partial charge is 0.308 e. The van der Waals surface area contributed by atoms with Gasteiger partial charge in [-0.15, -0.1) is 0 Å². The lowest BCUT2D eigenvalue weighted by Gasteiger charge is -2.22. The van der Waals surface area contributed by atoms with Crippen LogP contribution in [0.3, 0.4) is 0 Å². The average molecular weight is 498 g/mol.